The lowest BCUT2D eigenvalue weighted by atomic mass is 10.1. The van der Waals surface area contributed by atoms with Gasteiger partial charge in [0, 0.05) is 10.9 Å². The molecule has 0 aliphatic heterocycles. The van der Waals surface area contributed by atoms with Gasteiger partial charge >= 0.3 is 12.3 Å². The highest BCUT2D eigenvalue weighted by Crippen LogP contribution is 2.37. The molecule has 0 bridgehead atoms. The molecular weight excluding hydrogens is 347 g/mol. The highest BCUT2D eigenvalue weighted by Gasteiger charge is 2.35. The molecule has 5 nitrogen and oxygen atoms in total. The fraction of sp³-hybridized carbons (Fsp3) is 0.455. The summed E-state index contributed by atoms with van der Waals surface area (Å²) >= 11 is 3.09. The summed E-state index contributed by atoms with van der Waals surface area (Å²) in [5, 5.41) is 0.150. The number of carbonyl (C=O) groups is 1. The van der Waals surface area contributed by atoms with E-state index in [9.17, 15) is 18.0 Å². The summed E-state index contributed by atoms with van der Waals surface area (Å²) in [5.41, 5.74) is 0.195. The number of carbonyl (C=O) groups excluding carboxylic acids is 1. The molecule has 1 aromatic heterocycles. The molecule has 0 aliphatic carbocycles. The first kappa shape index (κ1) is 16.5. The monoisotopic (exact) mass is 357 g/mol. The van der Waals surface area contributed by atoms with Crippen molar-refractivity contribution in [2.45, 2.75) is 18.1 Å². The number of methoxy groups -OCH3 is 2. The van der Waals surface area contributed by atoms with E-state index in [0.29, 0.717) is 0 Å². The molecule has 20 heavy (non-hydrogen) atoms. The van der Waals surface area contributed by atoms with Gasteiger partial charge in [-0.3, -0.25) is 9.78 Å². The number of ether oxygens (including phenoxy) is 3. The third kappa shape index (κ3) is 4.26. The van der Waals surface area contributed by atoms with E-state index in [0.717, 1.165) is 13.3 Å². The van der Waals surface area contributed by atoms with Crippen molar-refractivity contribution in [1.82, 2.24) is 4.98 Å². The molecule has 1 aromatic rings. The van der Waals surface area contributed by atoms with E-state index >= 15 is 0 Å². The van der Waals surface area contributed by atoms with Crippen LogP contribution in [0.5, 0.6) is 11.5 Å². The lowest BCUT2D eigenvalue weighted by Gasteiger charge is -2.17. The van der Waals surface area contributed by atoms with Crippen molar-refractivity contribution >= 4 is 21.9 Å². The molecule has 112 valence electrons. The molecule has 1 rings (SSSR count). The third-order valence-corrected chi connectivity index (χ3v) is 2.83. The van der Waals surface area contributed by atoms with Gasteiger partial charge in [-0.2, -0.15) is 0 Å². The van der Waals surface area contributed by atoms with Crippen molar-refractivity contribution in [3.05, 3.63) is 17.5 Å². The fourth-order valence-electron chi connectivity index (χ4n) is 1.44. The third-order valence-electron chi connectivity index (χ3n) is 2.30. The normalized spacial score (nSPS) is 11.1. The first-order chi connectivity index (χ1) is 9.32. The second kappa shape index (κ2) is 6.78. The van der Waals surface area contributed by atoms with Crippen LogP contribution >= 0.6 is 15.9 Å². The Morgan fingerprint density at radius 3 is 2.50 bits per heavy atom. The van der Waals surface area contributed by atoms with Crippen LogP contribution in [0.4, 0.5) is 13.2 Å². The fourth-order valence-corrected chi connectivity index (χ4v) is 1.92. The number of hydrogen-bond donors (Lipinski definition) is 0. The first-order valence-electron chi connectivity index (χ1n) is 5.25. The zero-order valence-electron chi connectivity index (χ0n) is 10.6. The minimum Gasteiger partial charge on any atom is -0.491 e. The summed E-state index contributed by atoms with van der Waals surface area (Å²) in [7, 11) is 2.31. The van der Waals surface area contributed by atoms with Crippen LogP contribution < -0.4 is 9.47 Å². The van der Waals surface area contributed by atoms with Gasteiger partial charge in [0.1, 0.15) is 0 Å². The minimum absolute atomic E-state index is 0.0367. The van der Waals surface area contributed by atoms with Crippen molar-refractivity contribution < 1.29 is 32.2 Å². The SMILES string of the molecule is COC(=O)Cc1c(CBr)ncc(OC)c1OC(F)(F)F. The predicted molar refractivity (Wildman–Crippen MR) is 65.8 cm³/mol. The maximum absolute atomic E-state index is 12.5. The number of nitrogens with zero attached hydrogens (tertiary/aromatic N) is 1. The Morgan fingerprint density at radius 1 is 1.40 bits per heavy atom. The van der Waals surface area contributed by atoms with Gasteiger partial charge in [0.25, 0.3) is 0 Å². The van der Waals surface area contributed by atoms with Gasteiger partial charge in [0.15, 0.2) is 11.5 Å². The number of alkyl halides is 4. The van der Waals surface area contributed by atoms with Crippen molar-refractivity contribution in [3.8, 4) is 11.5 Å². The quantitative estimate of drug-likeness (QED) is 0.598. The van der Waals surface area contributed by atoms with Crippen LogP contribution in [-0.2, 0) is 21.3 Å². The van der Waals surface area contributed by atoms with Gasteiger partial charge in [-0.25, -0.2) is 0 Å². The maximum Gasteiger partial charge on any atom is 0.573 e. The molecular formula is C11H11BrF3NO4. The molecule has 0 fully saturated rings. The van der Waals surface area contributed by atoms with Gasteiger partial charge in [0.05, 0.1) is 32.5 Å². The van der Waals surface area contributed by atoms with Crippen LogP contribution in [0.3, 0.4) is 0 Å². The van der Waals surface area contributed by atoms with Gasteiger partial charge < -0.3 is 14.2 Å². The molecule has 0 aromatic carbocycles. The van der Waals surface area contributed by atoms with Crippen molar-refractivity contribution in [2.24, 2.45) is 0 Å². The molecule has 0 aliphatic rings. The average molecular weight is 358 g/mol. The van der Waals surface area contributed by atoms with E-state index in [1.807, 2.05) is 0 Å². The van der Waals surface area contributed by atoms with Crippen LogP contribution in [0.15, 0.2) is 6.20 Å². The molecule has 0 atom stereocenters. The molecule has 0 amide bonds. The van der Waals surface area contributed by atoms with Crippen LogP contribution in [0.25, 0.3) is 0 Å². The summed E-state index contributed by atoms with van der Waals surface area (Å²) < 4.78 is 50.6. The Hall–Kier alpha value is -1.51. The number of rotatable bonds is 5. The van der Waals surface area contributed by atoms with Crippen molar-refractivity contribution in [2.75, 3.05) is 14.2 Å². The van der Waals surface area contributed by atoms with Crippen LogP contribution in [0.2, 0.25) is 0 Å². The molecule has 0 unspecified atom stereocenters. The number of aromatic nitrogens is 1. The summed E-state index contributed by atoms with van der Waals surface area (Å²) in [4.78, 5) is 15.2. The zero-order valence-corrected chi connectivity index (χ0v) is 12.2. The van der Waals surface area contributed by atoms with Crippen molar-refractivity contribution in [1.29, 1.82) is 0 Å². The molecule has 0 N–H and O–H groups in total. The highest BCUT2D eigenvalue weighted by molar-refractivity contribution is 9.08. The number of hydrogen-bond acceptors (Lipinski definition) is 5. The molecule has 0 saturated carbocycles. The summed E-state index contributed by atoms with van der Waals surface area (Å²) in [6.45, 7) is 0. The Bertz CT molecular complexity index is 493. The Morgan fingerprint density at radius 2 is 2.05 bits per heavy atom. The second-order valence-electron chi connectivity index (χ2n) is 3.52. The second-order valence-corrected chi connectivity index (χ2v) is 4.08. The zero-order chi connectivity index (χ0) is 15.3. The Labute approximate surface area is 121 Å². The lowest BCUT2D eigenvalue weighted by Crippen LogP contribution is -2.20. The van der Waals surface area contributed by atoms with E-state index in [4.69, 9.17) is 4.74 Å². The van der Waals surface area contributed by atoms with E-state index in [2.05, 4.69) is 30.4 Å². The summed E-state index contributed by atoms with van der Waals surface area (Å²) in [6, 6.07) is 0. The highest BCUT2D eigenvalue weighted by atomic mass is 79.9. The van der Waals surface area contributed by atoms with Crippen molar-refractivity contribution in [3.63, 3.8) is 0 Å². The molecule has 9 heteroatoms. The average Bonchev–Trinajstić information content (AvgIpc) is 2.38. The van der Waals surface area contributed by atoms with E-state index in [1.165, 1.54) is 7.11 Å². The van der Waals surface area contributed by atoms with E-state index < -0.39 is 24.5 Å². The number of halogens is 4. The number of pyridine rings is 1. The van der Waals surface area contributed by atoms with E-state index in [1.54, 1.807) is 0 Å². The maximum atomic E-state index is 12.5. The minimum atomic E-state index is -4.91. The molecule has 1 heterocycles. The predicted octanol–water partition coefficient (Wildman–Crippen LogP) is 2.60. The van der Waals surface area contributed by atoms with Crippen LogP contribution in [0, 0.1) is 0 Å². The van der Waals surface area contributed by atoms with Crippen LogP contribution in [-0.4, -0.2) is 31.5 Å². The number of esters is 1. The largest absolute Gasteiger partial charge is 0.573 e. The lowest BCUT2D eigenvalue weighted by molar-refractivity contribution is -0.275. The van der Waals surface area contributed by atoms with Gasteiger partial charge in [-0.1, -0.05) is 15.9 Å². The first-order valence-corrected chi connectivity index (χ1v) is 6.37. The van der Waals surface area contributed by atoms with Gasteiger partial charge in [0.2, 0.25) is 0 Å². The smallest absolute Gasteiger partial charge is 0.491 e. The standard InChI is InChI=1S/C11H11BrF3NO4/c1-18-8-5-16-7(4-12)6(3-9(17)19-2)10(8)20-11(13,14)15/h5H,3-4H2,1-2H3. The van der Waals surface area contributed by atoms with Crippen LogP contribution in [0.1, 0.15) is 11.3 Å². The molecule has 0 spiro atoms. The van der Waals surface area contributed by atoms with E-state index in [-0.39, 0.29) is 22.3 Å². The van der Waals surface area contributed by atoms with Gasteiger partial charge in [-0.05, 0) is 0 Å². The summed E-state index contributed by atoms with van der Waals surface area (Å²) in [6.07, 6.45) is -4.23. The molecule has 0 radical (unpaired) electrons. The Kier molecular flexibility index (Phi) is 5.61. The molecule has 0 saturated heterocycles. The topological polar surface area (TPSA) is 57.7 Å². The van der Waals surface area contributed by atoms with Gasteiger partial charge in [-0.15, -0.1) is 13.2 Å². The summed E-state index contributed by atoms with van der Waals surface area (Å²) in [5.74, 6) is -1.52. The Balaban J connectivity index is 3.35.